The topological polar surface area (TPSA) is 27.0 Å². The van der Waals surface area contributed by atoms with E-state index in [0.29, 0.717) is 6.42 Å². The summed E-state index contributed by atoms with van der Waals surface area (Å²) in [7, 11) is 0. The zero-order valence-electron chi connectivity index (χ0n) is 16.6. The summed E-state index contributed by atoms with van der Waals surface area (Å²) in [5, 5.41) is 10.1. The maximum absolute atomic E-state index is 9.31. The van der Waals surface area contributed by atoms with Crippen LogP contribution in [0.2, 0.25) is 5.02 Å². The van der Waals surface area contributed by atoms with E-state index in [4.69, 9.17) is 11.6 Å². The number of benzene rings is 2. The van der Waals surface area contributed by atoms with Gasteiger partial charge in [-0.25, -0.2) is 0 Å². The summed E-state index contributed by atoms with van der Waals surface area (Å²) in [6.07, 6.45) is 2.87. The molecular formula is C24H29ClN2. The van der Waals surface area contributed by atoms with Gasteiger partial charge in [-0.05, 0) is 65.6 Å². The lowest BCUT2D eigenvalue weighted by atomic mass is 9.60. The molecule has 1 saturated heterocycles. The number of nitriles is 1. The second kappa shape index (κ2) is 8.05. The van der Waals surface area contributed by atoms with Gasteiger partial charge in [0.1, 0.15) is 0 Å². The van der Waals surface area contributed by atoms with Gasteiger partial charge in [0, 0.05) is 18.0 Å². The van der Waals surface area contributed by atoms with Crippen LogP contribution in [0.4, 0.5) is 0 Å². The maximum atomic E-state index is 9.31. The lowest BCUT2D eigenvalue weighted by Gasteiger charge is -2.49. The van der Waals surface area contributed by atoms with Crippen LogP contribution in [0.1, 0.15) is 45.6 Å². The number of hydrogen-bond donors (Lipinski definition) is 0. The van der Waals surface area contributed by atoms with Gasteiger partial charge in [0.15, 0.2) is 0 Å². The van der Waals surface area contributed by atoms with E-state index in [2.05, 4.69) is 62.1 Å². The van der Waals surface area contributed by atoms with Gasteiger partial charge in [0.25, 0.3) is 0 Å². The van der Waals surface area contributed by atoms with Crippen LogP contribution in [-0.4, -0.2) is 18.0 Å². The molecule has 1 aliphatic heterocycles. The molecule has 0 atom stereocenters. The predicted octanol–water partition coefficient (Wildman–Crippen LogP) is 6.55. The molecule has 0 saturated carbocycles. The van der Waals surface area contributed by atoms with Crippen molar-refractivity contribution in [3.63, 3.8) is 0 Å². The first-order chi connectivity index (χ1) is 12.8. The summed E-state index contributed by atoms with van der Waals surface area (Å²) < 4.78 is 0. The minimum Gasteiger partial charge on any atom is -0.299 e. The Kier molecular flexibility index (Phi) is 5.94. The maximum Gasteiger partial charge on any atom is 0.0627 e. The molecule has 0 N–H and O–H groups in total. The molecule has 3 rings (SSSR count). The van der Waals surface area contributed by atoms with Crippen molar-refractivity contribution in [2.75, 3.05) is 13.1 Å². The van der Waals surface area contributed by atoms with Gasteiger partial charge in [-0.2, -0.15) is 5.26 Å². The molecule has 3 heteroatoms. The van der Waals surface area contributed by atoms with Crippen LogP contribution in [0.15, 0.2) is 48.5 Å². The minimum atomic E-state index is 0.148. The van der Waals surface area contributed by atoms with Crippen LogP contribution in [0, 0.1) is 22.2 Å². The Bertz CT molecular complexity index is 804. The highest BCUT2D eigenvalue weighted by Gasteiger charge is 2.43. The number of nitrogens with zero attached hydrogens (tertiary/aromatic N) is 2. The zero-order chi connectivity index (χ0) is 19.5. The normalized spacial score (nSPS) is 17.4. The van der Waals surface area contributed by atoms with Crippen LogP contribution in [0.25, 0.3) is 11.1 Å². The molecule has 0 unspecified atom stereocenters. The van der Waals surface area contributed by atoms with E-state index in [-0.39, 0.29) is 10.8 Å². The van der Waals surface area contributed by atoms with Gasteiger partial charge in [-0.1, -0.05) is 68.8 Å². The molecule has 1 aliphatic rings. The Labute approximate surface area is 168 Å². The lowest BCUT2D eigenvalue weighted by molar-refractivity contribution is 0.00711. The van der Waals surface area contributed by atoms with Crippen LogP contribution in [0.3, 0.4) is 0 Å². The highest BCUT2D eigenvalue weighted by Crippen LogP contribution is 2.49. The summed E-state index contributed by atoms with van der Waals surface area (Å²) in [6.45, 7) is 9.96. The van der Waals surface area contributed by atoms with Crippen molar-refractivity contribution in [3.05, 3.63) is 59.1 Å². The minimum absolute atomic E-state index is 0.148. The number of likely N-dealkylation sites (tertiary alicyclic amines) is 1. The third-order valence-electron chi connectivity index (χ3n) is 6.34. The average molecular weight is 381 g/mol. The van der Waals surface area contributed by atoms with E-state index in [0.717, 1.165) is 43.1 Å². The van der Waals surface area contributed by atoms with E-state index in [1.807, 2.05) is 18.2 Å². The first kappa shape index (κ1) is 19.9. The van der Waals surface area contributed by atoms with E-state index in [9.17, 15) is 5.26 Å². The Morgan fingerprint density at radius 1 is 1.04 bits per heavy atom. The fraction of sp³-hybridized carbons (Fsp3) is 0.458. The summed E-state index contributed by atoms with van der Waals surface area (Å²) in [6, 6.07) is 19.2. The summed E-state index contributed by atoms with van der Waals surface area (Å²) in [5.74, 6) is 0. The third-order valence-corrected chi connectivity index (χ3v) is 6.57. The molecule has 1 fully saturated rings. The molecular weight excluding hydrogens is 352 g/mol. The fourth-order valence-corrected chi connectivity index (χ4v) is 4.40. The van der Waals surface area contributed by atoms with Crippen LogP contribution < -0.4 is 0 Å². The summed E-state index contributed by atoms with van der Waals surface area (Å²) >= 11 is 6.11. The van der Waals surface area contributed by atoms with Crippen molar-refractivity contribution in [2.24, 2.45) is 10.8 Å². The van der Waals surface area contributed by atoms with Gasteiger partial charge in [0.2, 0.25) is 0 Å². The molecule has 0 aromatic heterocycles. The first-order valence-electron chi connectivity index (χ1n) is 9.77. The van der Waals surface area contributed by atoms with Crippen molar-refractivity contribution in [1.82, 2.24) is 4.90 Å². The van der Waals surface area contributed by atoms with E-state index in [1.54, 1.807) is 0 Å². The Morgan fingerprint density at radius 2 is 1.70 bits per heavy atom. The van der Waals surface area contributed by atoms with E-state index >= 15 is 0 Å². The van der Waals surface area contributed by atoms with Crippen molar-refractivity contribution in [2.45, 2.75) is 46.6 Å². The van der Waals surface area contributed by atoms with Crippen LogP contribution >= 0.6 is 11.6 Å². The molecule has 0 spiro atoms. The molecule has 0 amide bonds. The van der Waals surface area contributed by atoms with Crippen molar-refractivity contribution < 1.29 is 0 Å². The Hall–Kier alpha value is -1.82. The molecule has 0 radical (unpaired) electrons. The van der Waals surface area contributed by atoms with Crippen molar-refractivity contribution in [1.29, 1.82) is 5.26 Å². The molecule has 142 valence electrons. The van der Waals surface area contributed by atoms with Crippen molar-refractivity contribution in [3.8, 4) is 17.2 Å². The first-order valence-corrected chi connectivity index (χ1v) is 10.1. The molecule has 2 aromatic carbocycles. The second-order valence-electron chi connectivity index (χ2n) is 8.85. The van der Waals surface area contributed by atoms with Gasteiger partial charge >= 0.3 is 0 Å². The zero-order valence-corrected chi connectivity index (χ0v) is 17.4. The van der Waals surface area contributed by atoms with E-state index < -0.39 is 0 Å². The average Bonchev–Trinajstić information content (AvgIpc) is 2.63. The Morgan fingerprint density at radius 3 is 2.26 bits per heavy atom. The summed E-state index contributed by atoms with van der Waals surface area (Å²) in [4.78, 5) is 2.52. The smallest absolute Gasteiger partial charge is 0.0627 e. The SMILES string of the molecule is CC(C)(C)C1(CC#N)CCN(Cc2ccc(-c3cccc(Cl)c3)cc2)CC1. The van der Waals surface area contributed by atoms with Gasteiger partial charge in [0.05, 0.1) is 6.07 Å². The number of rotatable bonds is 4. The van der Waals surface area contributed by atoms with Gasteiger partial charge < -0.3 is 0 Å². The standard InChI is InChI=1S/C24H29ClN2/c1-23(2,3)24(11-14-26)12-15-27(16-13-24)18-19-7-9-20(10-8-19)21-5-4-6-22(25)17-21/h4-10,17H,11-13,15-16,18H2,1-3H3. The van der Waals surface area contributed by atoms with Crippen LogP contribution in [-0.2, 0) is 6.54 Å². The number of halogens is 1. The molecule has 2 nitrogen and oxygen atoms in total. The monoisotopic (exact) mass is 380 g/mol. The van der Waals surface area contributed by atoms with Crippen molar-refractivity contribution >= 4 is 11.6 Å². The third kappa shape index (κ3) is 4.54. The van der Waals surface area contributed by atoms with E-state index in [1.165, 1.54) is 11.1 Å². The molecule has 0 aliphatic carbocycles. The predicted molar refractivity (Wildman–Crippen MR) is 114 cm³/mol. The lowest BCUT2D eigenvalue weighted by Crippen LogP contribution is -2.46. The Balaban J connectivity index is 1.63. The summed E-state index contributed by atoms with van der Waals surface area (Å²) in [5.41, 5.74) is 4.01. The quantitative estimate of drug-likeness (QED) is 0.601. The molecule has 27 heavy (non-hydrogen) atoms. The second-order valence-corrected chi connectivity index (χ2v) is 9.29. The fourth-order valence-electron chi connectivity index (χ4n) is 4.21. The number of piperidine rings is 1. The number of hydrogen-bond acceptors (Lipinski definition) is 2. The van der Waals surface area contributed by atoms with Crippen LogP contribution in [0.5, 0.6) is 0 Å². The molecule has 0 bridgehead atoms. The molecule has 1 heterocycles. The van der Waals surface area contributed by atoms with Gasteiger partial charge in [-0.3, -0.25) is 4.90 Å². The highest BCUT2D eigenvalue weighted by molar-refractivity contribution is 6.30. The highest BCUT2D eigenvalue weighted by atomic mass is 35.5. The largest absolute Gasteiger partial charge is 0.299 e. The van der Waals surface area contributed by atoms with Gasteiger partial charge in [-0.15, -0.1) is 0 Å². The molecule has 2 aromatic rings.